The van der Waals surface area contributed by atoms with Crippen LogP contribution in [-0.2, 0) is 14.3 Å². The number of alkyl carbamates (subject to hydrolysis) is 1. The van der Waals surface area contributed by atoms with Crippen molar-refractivity contribution in [1.82, 2.24) is 5.32 Å². The van der Waals surface area contributed by atoms with Crippen LogP contribution in [0.1, 0.15) is 53.1 Å². The first-order chi connectivity index (χ1) is 10.4. The number of rotatable bonds is 3. The molecule has 1 rings (SSSR count). The summed E-state index contributed by atoms with van der Waals surface area (Å²) in [5.74, 6) is -0.562. The van der Waals surface area contributed by atoms with E-state index in [0.717, 1.165) is 0 Å². The van der Waals surface area contributed by atoms with Crippen molar-refractivity contribution in [2.45, 2.75) is 58.8 Å². The third-order valence-corrected chi connectivity index (χ3v) is 2.57. The molecule has 0 radical (unpaired) electrons. The van der Waals surface area contributed by atoms with Crippen LogP contribution < -0.4 is 11.1 Å². The average molecular weight is 322 g/mol. The van der Waals surface area contributed by atoms with Gasteiger partial charge in [-0.05, 0) is 59.2 Å². The molecule has 0 aromatic heterocycles. The Morgan fingerprint density at radius 2 is 1.43 bits per heavy atom. The zero-order chi connectivity index (χ0) is 17.8. The molecule has 0 aliphatic heterocycles. The van der Waals surface area contributed by atoms with Gasteiger partial charge in [-0.15, -0.1) is 0 Å². The first kappa shape index (κ1) is 18.8. The maximum absolute atomic E-state index is 12.4. The van der Waals surface area contributed by atoms with Crippen molar-refractivity contribution in [3.05, 3.63) is 29.8 Å². The van der Waals surface area contributed by atoms with Crippen LogP contribution in [0, 0.1) is 0 Å². The summed E-state index contributed by atoms with van der Waals surface area (Å²) in [5.41, 5.74) is 5.46. The Hall–Kier alpha value is -2.24. The van der Waals surface area contributed by atoms with Crippen LogP contribution in [0.2, 0.25) is 0 Å². The maximum atomic E-state index is 12.4. The number of hydrogen-bond donors (Lipinski definition) is 2. The summed E-state index contributed by atoms with van der Waals surface area (Å²) in [5, 5.41) is 2.56. The number of amides is 1. The molecule has 0 fully saturated rings. The van der Waals surface area contributed by atoms with Gasteiger partial charge >= 0.3 is 12.1 Å². The average Bonchev–Trinajstić information content (AvgIpc) is 2.33. The molecule has 1 unspecified atom stereocenters. The highest BCUT2D eigenvalue weighted by Crippen LogP contribution is 2.20. The molecule has 0 aliphatic carbocycles. The number of hydrogen-bond acceptors (Lipinski definition) is 5. The zero-order valence-corrected chi connectivity index (χ0v) is 14.6. The molecule has 0 bridgehead atoms. The summed E-state index contributed by atoms with van der Waals surface area (Å²) in [6, 6.07) is 5.68. The highest BCUT2D eigenvalue weighted by atomic mass is 16.6. The Morgan fingerprint density at radius 3 is 1.87 bits per heavy atom. The predicted molar refractivity (Wildman–Crippen MR) is 88.8 cm³/mol. The highest BCUT2D eigenvalue weighted by Gasteiger charge is 2.29. The normalized spacial score (nSPS) is 13.1. The summed E-state index contributed by atoms with van der Waals surface area (Å²) in [6.45, 7) is 10.5. The van der Waals surface area contributed by atoms with E-state index in [9.17, 15) is 9.59 Å². The van der Waals surface area contributed by atoms with Gasteiger partial charge in [0.2, 0.25) is 0 Å². The fraction of sp³-hybridized carbons (Fsp3) is 0.529. The van der Waals surface area contributed by atoms with Crippen LogP contribution in [0.3, 0.4) is 0 Å². The van der Waals surface area contributed by atoms with Gasteiger partial charge < -0.3 is 20.5 Å². The molecular formula is C17H26N2O4. The molecule has 1 aromatic carbocycles. The van der Waals surface area contributed by atoms with Crippen molar-refractivity contribution >= 4 is 17.7 Å². The minimum Gasteiger partial charge on any atom is -0.458 e. The number of esters is 1. The van der Waals surface area contributed by atoms with E-state index in [4.69, 9.17) is 15.2 Å². The lowest BCUT2D eigenvalue weighted by molar-refractivity contribution is -0.157. The topological polar surface area (TPSA) is 90.6 Å². The second-order valence-electron chi connectivity index (χ2n) is 7.28. The Bertz CT molecular complexity index is 553. The molecule has 1 aromatic rings. The van der Waals surface area contributed by atoms with Gasteiger partial charge in [0, 0.05) is 5.69 Å². The van der Waals surface area contributed by atoms with Crippen LogP contribution in [0.5, 0.6) is 0 Å². The second-order valence-corrected chi connectivity index (χ2v) is 7.28. The summed E-state index contributed by atoms with van der Waals surface area (Å²) in [7, 11) is 0. The van der Waals surface area contributed by atoms with Gasteiger partial charge in [0.25, 0.3) is 0 Å². The lowest BCUT2D eigenvalue weighted by Gasteiger charge is -2.26. The number of carbonyl (C=O) groups is 2. The van der Waals surface area contributed by atoms with Crippen molar-refractivity contribution in [3.63, 3.8) is 0 Å². The maximum Gasteiger partial charge on any atom is 0.408 e. The lowest BCUT2D eigenvalue weighted by Crippen LogP contribution is -2.40. The molecular weight excluding hydrogens is 296 g/mol. The molecule has 0 saturated carbocycles. The van der Waals surface area contributed by atoms with Crippen LogP contribution in [-0.4, -0.2) is 23.3 Å². The number of anilines is 1. The molecule has 6 nitrogen and oxygen atoms in total. The molecule has 0 saturated heterocycles. The molecule has 1 atom stereocenters. The summed E-state index contributed by atoms with van der Waals surface area (Å²) >= 11 is 0. The molecule has 0 heterocycles. The first-order valence-electron chi connectivity index (χ1n) is 7.45. The second kappa shape index (κ2) is 6.89. The van der Waals surface area contributed by atoms with Crippen LogP contribution in [0.25, 0.3) is 0 Å². The predicted octanol–water partition coefficient (Wildman–Crippen LogP) is 3.18. The molecule has 0 spiro atoms. The first-order valence-corrected chi connectivity index (χ1v) is 7.45. The van der Waals surface area contributed by atoms with Gasteiger partial charge in [-0.1, -0.05) is 12.1 Å². The fourth-order valence-electron chi connectivity index (χ4n) is 1.75. The largest absolute Gasteiger partial charge is 0.458 e. The van der Waals surface area contributed by atoms with Gasteiger partial charge in [-0.2, -0.15) is 0 Å². The van der Waals surface area contributed by atoms with Gasteiger partial charge in [0.05, 0.1) is 0 Å². The third kappa shape index (κ3) is 7.04. The van der Waals surface area contributed by atoms with Crippen molar-refractivity contribution in [2.75, 3.05) is 5.73 Å². The van der Waals surface area contributed by atoms with Gasteiger partial charge in [0.1, 0.15) is 11.2 Å². The number of nitrogens with two attached hydrogens (primary N) is 1. The van der Waals surface area contributed by atoms with E-state index in [0.29, 0.717) is 11.3 Å². The standard InChI is InChI=1S/C17H26N2O4/c1-16(2,3)22-14(20)13(11-7-9-12(18)10-8-11)19-15(21)23-17(4,5)6/h7-10,13H,18H2,1-6H3,(H,19,21). The smallest absolute Gasteiger partial charge is 0.408 e. The van der Waals surface area contributed by atoms with Gasteiger partial charge in [-0.25, -0.2) is 9.59 Å². The Labute approximate surface area is 137 Å². The molecule has 23 heavy (non-hydrogen) atoms. The zero-order valence-electron chi connectivity index (χ0n) is 14.6. The Morgan fingerprint density at radius 1 is 0.957 bits per heavy atom. The number of nitrogen functional groups attached to an aromatic ring is 1. The quantitative estimate of drug-likeness (QED) is 0.659. The number of nitrogens with one attached hydrogen (secondary N) is 1. The van der Waals surface area contributed by atoms with Crippen molar-refractivity contribution in [1.29, 1.82) is 0 Å². The van der Waals surface area contributed by atoms with Crippen LogP contribution in [0.4, 0.5) is 10.5 Å². The van der Waals surface area contributed by atoms with E-state index in [1.54, 1.807) is 65.8 Å². The molecule has 3 N–H and O–H groups in total. The van der Waals surface area contributed by atoms with E-state index in [2.05, 4.69) is 5.32 Å². The number of benzene rings is 1. The summed E-state index contributed by atoms with van der Waals surface area (Å²) < 4.78 is 10.6. The van der Waals surface area contributed by atoms with Crippen molar-refractivity contribution < 1.29 is 19.1 Å². The van der Waals surface area contributed by atoms with E-state index < -0.39 is 29.3 Å². The van der Waals surface area contributed by atoms with E-state index in [-0.39, 0.29) is 0 Å². The van der Waals surface area contributed by atoms with Crippen LogP contribution >= 0.6 is 0 Å². The molecule has 128 valence electrons. The van der Waals surface area contributed by atoms with E-state index in [1.165, 1.54) is 0 Å². The monoisotopic (exact) mass is 322 g/mol. The summed E-state index contributed by atoms with van der Waals surface area (Å²) in [6.07, 6.45) is -0.690. The number of ether oxygens (including phenoxy) is 2. The van der Waals surface area contributed by atoms with Crippen molar-refractivity contribution in [3.8, 4) is 0 Å². The molecule has 0 aliphatic rings. The van der Waals surface area contributed by atoms with Crippen LogP contribution in [0.15, 0.2) is 24.3 Å². The van der Waals surface area contributed by atoms with E-state index in [1.807, 2.05) is 0 Å². The Balaban J connectivity index is 2.99. The van der Waals surface area contributed by atoms with E-state index >= 15 is 0 Å². The summed E-state index contributed by atoms with van der Waals surface area (Å²) in [4.78, 5) is 24.4. The SMILES string of the molecule is CC(C)(C)OC(=O)NC(C(=O)OC(C)(C)C)c1ccc(N)cc1. The minimum absolute atomic E-state index is 0.562. The Kier molecular flexibility index (Phi) is 5.64. The molecule has 6 heteroatoms. The third-order valence-electron chi connectivity index (χ3n) is 2.57. The highest BCUT2D eigenvalue weighted by molar-refractivity contribution is 5.83. The van der Waals surface area contributed by atoms with Gasteiger partial charge in [-0.3, -0.25) is 0 Å². The van der Waals surface area contributed by atoms with Crippen molar-refractivity contribution in [2.24, 2.45) is 0 Å². The lowest BCUT2D eigenvalue weighted by atomic mass is 10.1. The molecule has 1 amide bonds. The fourth-order valence-corrected chi connectivity index (χ4v) is 1.75. The number of carbonyl (C=O) groups excluding carboxylic acids is 2. The van der Waals surface area contributed by atoms with Gasteiger partial charge in [0.15, 0.2) is 6.04 Å². The minimum atomic E-state index is -0.968.